The van der Waals surface area contributed by atoms with Gasteiger partial charge in [-0.2, -0.15) is 0 Å². The molecular weight excluding hydrogens is 376 g/mol. The Kier molecular flexibility index (Phi) is 5.70. The van der Waals surface area contributed by atoms with Crippen molar-refractivity contribution in [2.24, 2.45) is 7.05 Å². The van der Waals surface area contributed by atoms with Gasteiger partial charge in [-0.25, -0.2) is 4.68 Å². The van der Waals surface area contributed by atoms with E-state index in [4.69, 9.17) is 21.7 Å². The van der Waals surface area contributed by atoms with Crippen molar-refractivity contribution in [3.63, 3.8) is 0 Å². The first-order valence-corrected chi connectivity index (χ1v) is 9.01. The molecule has 0 aliphatic rings. The fourth-order valence-electron chi connectivity index (χ4n) is 2.89. The Balaban J connectivity index is 1.89. The maximum Gasteiger partial charge on any atom is 0.295 e. The smallest absolute Gasteiger partial charge is 0.295 e. The fraction of sp³-hybridized carbons (Fsp3) is 0.200. The van der Waals surface area contributed by atoms with Crippen molar-refractivity contribution in [3.8, 4) is 17.2 Å². The summed E-state index contributed by atoms with van der Waals surface area (Å²) in [5.74, 6) is 1.27. The zero-order valence-corrected chi connectivity index (χ0v) is 17.0. The molecule has 1 heterocycles. The molecule has 0 aliphatic carbocycles. The Labute approximate surface area is 168 Å². The van der Waals surface area contributed by atoms with E-state index in [0.29, 0.717) is 22.9 Å². The molecule has 0 atom stereocenters. The number of thiocarbonyl (C=S) groups is 1. The molecule has 0 amide bonds. The van der Waals surface area contributed by atoms with Crippen molar-refractivity contribution in [2.45, 2.75) is 6.92 Å². The van der Waals surface area contributed by atoms with Crippen molar-refractivity contribution in [1.29, 1.82) is 0 Å². The van der Waals surface area contributed by atoms with Crippen LogP contribution in [0.25, 0.3) is 5.69 Å². The zero-order chi connectivity index (χ0) is 20.3. The van der Waals surface area contributed by atoms with Gasteiger partial charge in [-0.15, -0.1) is 0 Å². The molecule has 2 N–H and O–H groups in total. The summed E-state index contributed by atoms with van der Waals surface area (Å²) in [7, 11) is 4.99. The molecule has 3 rings (SSSR count). The largest absolute Gasteiger partial charge is 0.497 e. The number of nitrogens with one attached hydrogen (secondary N) is 2. The Morgan fingerprint density at radius 3 is 2.39 bits per heavy atom. The molecule has 8 heteroatoms. The molecule has 0 fully saturated rings. The van der Waals surface area contributed by atoms with Crippen LogP contribution in [0.3, 0.4) is 0 Å². The summed E-state index contributed by atoms with van der Waals surface area (Å²) in [5.41, 5.74) is 2.39. The first-order valence-electron chi connectivity index (χ1n) is 8.60. The van der Waals surface area contributed by atoms with Crippen molar-refractivity contribution in [1.82, 2.24) is 9.36 Å². The van der Waals surface area contributed by atoms with Crippen LogP contribution >= 0.6 is 12.2 Å². The van der Waals surface area contributed by atoms with Crippen LogP contribution in [0, 0.1) is 6.92 Å². The minimum Gasteiger partial charge on any atom is -0.497 e. The second-order valence-electron chi connectivity index (χ2n) is 6.08. The van der Waals surface area contributed by atoms with Gasteiger partial charge >= 0.3 is 0 Å². The molecular formula is C20H22N4O3S. The van der Waals surface area contributed by atoms with Gasteiger partial charge in [0.15, 0.2) is 5.11 Å². The topological polar surface area (TPSA) is 69.5 Å². The predicted molar refractivity (Wildman–Crippen MR) is 115 cm³/mol. The molecule has 0 radical (unpaired) electrons. The van der Waals surface area contributed by atoms with Crippen molar-refractivity contribution in [3.05, 3.63) is 64.6 Å². The van der Waals surface area contributed by atoms with Crippen LogP contribution in [-0.4, -0.2) is 28.7 Å². The highest BCUT2D eigenvalue weighted by atomic mass is 32.1. The summed E-state index contributed by atoms with van der Waals surface area (Å²) in [5, 5.41) is 6.36. The summed E-state index contributed by atoms with van der Waals surface area (Å²) in [6, 6.07) is 14.8. The van der Waals surface area contributed by atoms with Gasteiger partial charge in [0.1, 0.15) is 17.2 Å². The molecule has 0 saturated heterocycles. The van der Waals surface area contributed by atoms with Gasteiger partial charge in [-0.3, -0.25) is 9.48 Å². The van der Waals surface area contributed by atoms with E-state index >= 15 is 0 Å². The Morgan fingerprint density at radius 1 is 1.04 bits per heavy atom. The highest BCUT2D eigenvalue weighted by Crippen LogP contribution is 2.29. The van der Waals surface area contributed by atoms with Gasteiger partial charge in [0, 0.05) is 13.1 Å². The van der Waals surface area contributed by atoms with E-state index in [-0.39, 0.29) is 10.7 Å². The second kappa shape index (κ2) is 8.18. The standard InChI is InChI=1S/C20H22N4O3S/c1-13-18(19(25)24(23(13)2)14-8-6-5-7-9-14)22-20(28)21-16-12-15(26-3)10-11-17(16)27-4/h5-12H,1-4H3,(H2,21,22,28). The molecule has 1 aromatic heterocycles. The summed E-state index contributed by atoms with van der Waals surface area (Å²) in [6.45, 7) is 1.86. The van der Waals surface area contributed by atoms with E-state index in [0.717, 1.165) is 11.4 Å². The lowest BCUT2D eigenvalue weighted by atomic mass is 10.2. The quantitative estimate of drug-likeness (QED) is 0.643. The minimum absolute atomic E-state index is 0.187. The number of hydrogen-bond donors (Lipinski definition) is 2. The van der Waals surface area contributed by atoms with Crippen LogP contribution in [0.4, 0.5) is 11.4 Å². The van der Waals surface area contributed by atoms with Gasteiger partial charge in [0.25, 0.3) is 5.56 Å². The van der Waals surface area contributed by atoms with E-state index in [9.17, 15) is 4.79 Å². The second-order valence-corrected chi connectivity index (χ2v) is 6.49. The molecule has 7 nitrogen and oxygen atoms in total. The summed E-state index contributed by atoms with van der Waals surface area (Å²) in [6.07, 6.45) is 0. The van der Waals surface area contributed by atoms with Crippen LogP contribution in [0.15, 0.2) is 53.3 Å². The Morgan fingerprint density at radius 2 is 1.75 bits per heavy atom. The van der Waals surface area contributed by atoms with Crippen LogP contribution in [0.2, 0.25) is 0 Å². The summed E-state index contributed by atoms with van der Waals surface area (Å²) >= 11 is 5.42. The summed E-state index contributed by atoms with van der Waals surface area (Å²) in [4.78, 5) is 13.0. The molecule has 0 spiro atoms. The maximum absolute atomic E-state index is 13.0. The van der Waals surface area contributed by atoms with E-state index in [1.165, 1.54) is 0 Å². The average molecular weight is 398 g/mol. The normalized spacial score (nSPS) is 10.4. The Hall–Kier alpha value is -3.26. The third-order valence-corrected chi connectivity index (χ3v) is 4.65. The SMILES string of the molecule is COc1ccc(OC)c(NC(=S)Nc2c(C)n(C)n(-c3ccccc3)c2=O)c1. The molecule has 2 aromatic carbocycles. The highest BCUT2D eigenvalue weighted by Gasteiger charge is 2.17. The highest BCUT2D eigenvalue weighted by molar-refractivity contribution is 7.80. The first-order chi connectivity index (χ1) is 13.5. The third kappa shape index (κ3) is 3.72. The van der Waals surface area contributed by atoms with Gasteiger partial charge in [0.05, 0.1) is 31.3 Å². The molecule has 28 heavy (non-hydrogen) atoms. The van der Waals surface area contributed by atoms with E-state index in [1.807, 2.05) is 44.3 Å². The van der Waals surface area contributed by atoms with Gasteiger partial charge in [-0.05, 0) is 43.4 Å². The number of aromatic nitrogens is 2. The molecule has 0 aliphatic heterocycles. The van der Waals surface area contributed by atoms with Crippen LogP contribution in [0.1, 0.15) is 5.69 Å². The summed E-state index contributed by atoms with van der Waals surface area (Å²) < 4.78 is 14.0. The van der Waals surface area contributed by atoms with Crippen molar-refractivity contribution < 1.29 is 9.47 Å². The van der Waals surface area contributed by atoms with Gasteiger partial charge in [-0.1, -0.05) is 18.2 Å². The van der Waals surface area contributed by atoms with E-state index in [2.05, 4.69) is 10.6 Å². The maximum atomic E-state index is 13.0. The predicted octanol–water partition coefficient (Wildman–Crippen LogP) is 3.31. The number of anilines is 2. The lowest BCUT2D eigenvalue weighted by Gasteiger charge is -2.14. The molecule has 0 bridgehead atoms. The minimum atomic E-state index is -0.187. The Bertz CT molecular complexity index is 1060. The van der Waals surface area contributed by atoms with Gasteiger partial charge in [0.2, 0.25) is 0 Å². The number of methoxy groups -OCH3 is 2. The number of benzene rings is 2. The average Bonchev–Trinajstić information content (AvgIpc) is 2.91. The third-order valence-electron chi connectivity index (χ3n) is 4.45. The van der Waals surface area contributed by atoms with Crippen LogP contribution < -0.4 is 25.7 Å². The lowest BCUT2D eigenvalue weighted by Crippen LogP contribution is -2.25. The first kappa shape index (κ1) is 19.5. The lowest BCUT2D eigenvalue weighted by molar-refractivity contribution is 0.405. The monoisotopic (exact) mass is 398 g/mol. The number of ether oxygens (including phenoxy) is 2. The molecule has 146 valence electrons. The van der Waals surface area contributed by atoms with Crippen molar-refractivity contribution in [2.75, 3.05) is 24.9 Å². The number of rotatable bonds is 5. The number of para-hydroxylation sites is 1. The van der Waals surface area contributed by atoms with Crippen molar-refractivity contribution >= 4 is 28.7 Å². The van der Waals surface area contributed by atoms with E-state index in [1.54, 1.807) is 41.8 Å². The van der Waals surface area contributed by atoms with E-state index < -0.39 is 0 Å². The number of nitrogens with zero attached hydrogens (tertiary/aromatic N) is 2. The zero-order valence-electron chi connectivity index (χ0n) is 16.1. The molecule has 0 unspecified atom stereocenters. The number of hydrogen-bond acceptors (Lipinski definition) is 4. The van der Waals surface area contributed by atoms with Gasteiger partial charge < -0.3 is 20.1 Å². The molecule has 3 aromatic rings. The van der Waals surface area contributed by atoms with Crippen LogP contribution in [0.5, 0.6) is 11.5 Å². The van der Waals surface area contributed by atoms with Crippen LogP contribution in [-0.2, 0) is 7.05 Å². The molecule has 0 saturated carbocycles. The fourth-order valence-corrected chi connectivity index (χ4v) is 3.10.